The van der Waals surface area contributed by atoms with E-state index in [-0.39, 0.29) is 23.8 Å². The lowest BCUT2D eigenvalue weighted by Crippen LogP contribution is -2.37. The molecule has 0 aliphatic heterocycles. The second kappa shape index (κ2) is 5.47. The van der Waals surface area contributed by atoms with Crippen LogP contribution in [0.25, 0.3) is 0 Å². The Hall–Kier alpha value is -0.610. The van der Waals surface area contributed by atoms with Gasteiger partial charge < -0.3 is 16.2 Å². The molecule has 4 heteroatoms. The van der Waals surface area contributed by atoms with Gasteiger partial charge in [-0.2, -0.15) is 0 Å². The Bertz CT molecular complexity index is 219. The highest BCUT2D eigenvalue weighted by atomic mass is 16.3. The minimum Gasteiger partial charge on any atom is -0.391 e. The van der Waals surface area contributed by atoms with Gasteiger partial charge in [-0.25, -0.2) is 0 Å². The molecule has 0 spiro atoms. The lowest BCUT2D eigenvalue weighted by Gasteiger charge is -2.17. The molecule has 1 amide bonds. The smallest absolute Gasteiger partial charge is 0.223 e. The van der Waals surface area contributed by atoms with Crippen molar-refractivity contribution in [1.29, 1.82) is 0 Å². The highest BCUT2D eigenvalue weighted by molar-refractivity contribution is 5.79. The molecule has 0 aromatic rings. The van der Waals surface area contributed by atoms with Crippen molar-refractivity contribution < 1.29 is 9.90 Å². The molecule has 3 atom stereocenters. The highest BCUT2D eigenvalue weighted by Crippen LogP contribution is 2.23. The number of rotatable bonds is 4. The fourth-order valence-electron chi connectivity index (χ4n) is 1.84. The Balaban J connectivity index is 2.24. The second-order valence-corrected chi connectivity index (χ2v) is 4.83. The molecule has 1 rings (SSSR count). The number of nitrogens with two attached hydrogens (primary N) is 1. The maximum atomic E-state index is 11.6. The zero-order valence-corrected chi connectivity index (χ0v) is 9.57. The first-order chi connectivity index (χ1) is 7.00. The van der Waals surface area contributed by atoms with Crippen LogP contribution in [0.15, 0.2) is 0 Å². The van der Waals surface area contributed by atoms with Gasteiger partial charge in [-0.1, -0.05) is 13.8 Å². The molecule has 3 unspecified atom stereocenters. The van der Waals surface area contributed by atoms with E-state index in [0.717, 1.165) is 19.3 Å². The molecule has 0 bridgehead atoms. The van der Waals surface area contributed by atoms with Crippen molar-refractivity contribution in [3.8, 4) is 0 Å². The zero-order valence-electron chi connectivity index (χ0n) is 9.57. The average Bonchev–Trinajstić information content (AvgIpc) is 2.60. The molecule has 0 aromatic carbocycles. The van der Waals surface area contributed by atoms with Crippen molar-refractivity contribution in [3.63, 3.8) is 0 Å². The molecule has 1 fully saturated rings. The summed E-state index contributed by atoms with van der Waals surface area (Å²) in [7, 11) is 0. The third-order valence-electron chi connectivity index (χ3n) is 3.10. The van der Waals surface area contributed by atoms with Gasteiger partial charge in [-0.05, 0) is 25.2 Å². The first-order valence-electron chi connectivity index (χ1n) is 5.72. The lowest BCUT2D eigenvalue weighted by atomic mass is 10.1. The van der Waals surface area contributed by atoms with Crippen LogP contribution >= 0.6 is 0 Å². The number of carbonyl (C=O) groups is 1. The van der Waals surface area contributed by atoms with Gasteiger partial charge >= 0.3 is 0 Å². The molecule has 1 saturated carbocycles. The molecule has 4 nitrogen and oxygen atoms in total. The molecule has 15 heavy (non-hydrogen) atoms. The van der Waals surface area contributed by atoms with Crippen LogP contribution in [0.5, 0.6) is 0 Å². The average molecular weight is 214 g/mol. The Morgan fingerprint density at radius 1 is 1.53 bits per heavy atom. The van der Waals surface area contributed by atoms with Crippen LogP contribution < -0.4 is 11.1 Å². The van der Waals surface area contributed by atoms with E-state index in [2.05, 4.69) is 5.32 Å². The molecule has 1 aliphatic carbocycles. The van der Waals surface area contributed by atoms with E-state index >= 15 is 0 Å². The largest absolute Gasteiger partial charge is 0.391 e. The minimum absolute atomic E-state index is 0.0441. The van der Waals surface area contributed by atoms with E-state index < -0.39 is 6.10 Å². The lowest BCUT2D eigenvalue weighted by molar-refractivity contribution is -0.125. The molecular weight excluding hydrogens is 192 g/mol. The first-order valence-corrected chi connectivity index (χ1v) is 5.72. The molecule has 0 saturated heterocycles. The summed E-state index contributed by atoms with van der Waals surface area (Å²) in [4.78, 5) is 11.6. The normalized spacial score (nSPS) is 28.1. The van der Waals surface area contributed by atoms with Gasteiger partial charge in [-0.15, -0.1) is 0 Å². The Morgan fingerprint density at radius 3 is 2.67 bits per heavy atom. The van der Waals surface area contributed by atoms with E-state index in [0.29, 0.717) is 6.54 Å². The van der Waals surface area contributed by atoms with Crippen molar-refractivity contribution in [3.05, 3.63) is 0 Å². The van der Waals surface area contributed by atoms with E-state index in [9.17, 15) is 9.90 Å². The van der Waals surface area contributed by atoms with Crippen LogP contribution in [0, 0.1) is 11.8 Å². The minimum atomic E-state index is -0.455. The van der Waals surface area contributed by atoms with E-state index in [1.165, 1.54) is 0 Å². The summed E-state index contributed by atoms with van der Waals surface area (Å²) in [6, 6.07) is 0.177. The van der Waals surface area contributed by atoms with Gasteiger partial charge in [0.1, 0.15) is 0 Å². The Morgan fingerprint density at radius 2 is 2.20 bits per heavy atom. The number of aliphatic hydroxyl groups excluding tert-OH is 1. The maximum absolute atomic E-state index is 11.6. The van der Waals surface area contributed by atoms with Gasteiger partial charge in [0.15, 0.2) is 0 Å². The van der Waals surface area contributed by atoms with E-state index in [4.69, 9.17) is 5.73 Å². The Kier molecular flexibility index (Phi) is 4.54. The van der Waals surface area contributed by atoms with Gasteiger partial charge in [0.25, 0.3) is 0 Å². The van der Waals surface area contributed by atoms with Crippen molar-refractivity contribution in [2.24, 2.45) is 17.6 Å². The topological polar surface area (TPSA) is 75.3 Å². The van der Waals surface area contributed by atoms with Crippen molar-refractivity contribution in [2.45, 2.75) is 45.3 Å². The number of nitrogens with one attached hydrogen (secondary N) is 1. The van der Waals surface area contributed by atoms with Crippen LogP contribution in [-0.4, -0.2) is 29.7 Å². The summed E-state index contributed by atoms with van der Waals surface area (Å²) in [6.45, 7) is 4.22. The van der Waals surface area contributed by atoms with Crippen molar-refractivity contribution >= 4 is 5.91 Å². The molecular formula is C11H22N2O2. The molecule has 88 valence electrons. The SMILES string of the molecule is CC(C)C(O)CNC(=O)C1CCC(N)C1. The molecule has 0 heterocycles. The summed E-state index contributed by atoms with van der Waals surface area (Å²) in [5.74, 6) is 0.276. The van der Waals surface area contributed by atoms with E-state index in [1.54, 1.807) is 0 Å². The fraction of sp³-hybridized carbons (Fsp3) is 0.909. The predicted octanol–water partition coefficient (Wildman–Crippen LogP) is 0.247. The first kappa shape index (κ1) is 12.5. The van der Waals surface area contributed by atoms with Crippen LogP contribution in [0.1, 0.15) is 33.1 Å². The zero-order chi connectivity index (χ0) is 11.4. The summed E-state index contributed by atoms with van der Waals surface area (Å²) < 4.78 is 0. The third kappa shape index (κ3) is 3.80. The number of carbonyl (C=O) groups excluding carboxylic acids is 1. The number of amides is 1. The third-order valence-corrected chi connectivity index (χ3v) is 3.10. The summed E-state index contributed by atoms with van der Waals surface area (Å²) >= 11 is 0. The number of hydrogen-bond acceptors (Lipinski definition) is 3. The van der Waals surface area contributed by atoms with E-state index in [1.807, 2.05) is 13.8 Å². The van der Waals surface area contributed by atoms with Gasteiger partial charge in [-0.3, -0.25) is 4.79 Å². The van der Waals surface area contributed by atoms with Crippen LogP contribution in [0.3, 0.4) is 0 Å². The molecule has 1 aliphatic rings. The van der Waals surface area contributed by atoms with Gasteiger partial charge in [0.05, 0.1) is 6.10 Å². The van der Waals surface area contributed by atoms with Crippen molar-refractivity contribution in [1.82, 2.24) is 5.32 Å². The van der Waals surface area contributed by atoms with Crippen LogP contribution in [0.2, 0.25) is 0 Å². The van der Waals surface area contributed by atoms with Crippen LogP contribution in [0.4, 0.5) is 0 Å². The molecule has 0 radical (unpaired) electrons. The fourth-order valence-corrected chi connectivity index (χ4v) is 1.84. The predicted molar refractivity (Wildman–Crippen MR) is 59.2 cm³/mol. The molecule has 0 aromatic heterocycles. The van der Waals surface area contributed by atoms with Crippen molar-refractivity contribution in [2.75, 3.05) is 6.54 Å². The monoisotopic (exact) mass is 214 g/mol. The second-order valence-electron chi connectivity index (χ2n) is 4.83. The number of hydrogen-bond donors (Lipinski definition) is 3. The summed E-state index contributed by atoms with van der Waals surface area (Å²) in [5, 5.41) is 12.3. The number of aliphatic hydroxyl groups is 1. The standard InChI is InChI=1S/C11H22N2O2/c1-7(2)10(14)6-13-11(15)8-3-4-9(12)5-8/h7-10,14H,3-6,12H2,1-2H3,(H,13,15). The van der Waals surface area contributed by atoms with Gasteiger partial charge in [0, 0.05) is 18.5 Å². The van der Waals surface area contributed by atoms with Crippen LogP contribution in [-0.2, 0) is 4.79 Å². The highest BCUT2D eigenvalue weighted by Gasteiger charge is 2.27. The molecule has 4 N–H and O–H groups in total. The maximum Gasteiger partial charge on any atom is 0.223 e. The summed E-state index contributed by atoms with van der Waals surface area (Å²) in [6.07, 6.45) is 2.14. The summed E-state index contributed by atoms with van der Waals surface area (Å²) in [5.41, 5.74) is 5.74. The quantitative estimate of drug-likeness (QED) is 0.628. The van der Waals surface area contributed by atoms with Gasteiger partial charge in [0.2, 0.25) is 5.91 Å². The Labute approximate surface area is 91.2 Å².